The molecule has 0 amide bonds. The topological polar surface area (TPSA) is 376 Å². The van der Waals surface area contributed by atoms with E-state index in [2.05, 4.69) is 176 Å². The van der Waals surface area contributed by atoms with Gasteiger partial charge in [-0.15, -0.1) is 0 Å². The van der Waals surface area contributed by atoms with Gasteiger partial charge in [0.2, 0.25) is 0 Å². The summed E-state index contributed by atoms with van der Waals surface area (Å²) in [7, 11) is 1.17. The normalized spacial score (nSPS) is 45.2. The number of hydrogen-bond acceptors (Lipinski definition) is 28. The zero-order chi connectivity index (χ0) is 90.3. The number of rotatable bonds is 28. The van der Waals surface area contributed by atoms with E-state index in [1.54, 1.807) is 0 Å². The van der Waals surface area contributed by atoms with Gasteiger partial charge in [0, 0.05) is 0 Å². The van der Waals surface area contributed by atoms with Crippen molar-refractivity contribution in [3.63, 3.8) is 0 Å². The van der Waals surface area contributed by atoms with E-state index in [0.29, 0.717) is 61.2 Å². The molecular weight excluding hydrogens is 1670 g/mol. The Labute approximate surface area is 740 Å². The van der Waals surface area contributed by atoms with Gasteiger partial charge in [-0.25, -0.2) is 0 Å². The van der Waals surface area contributed by atoms with Gasteiger partial charge < -0.3 is 4.74 Å². The molecule has 9 fully saturated rings. The van der Waals surface area contributed by atoms with Crippen LogP contribution in [0.5, 0.6) is 0 Å². The second-order valence-corrected chi connectivity index (χ2v) is 39.0. The van der Waals surface area contributed by atoms with Crippen molar-refractivity contribution in [2.45, 2.75) is 441 Å². The van der Waals surface area contributed by atoms with Gasteiger partial charge in [0.15, 0.2) is 0 Å². The Kier molecular flexibility index (Phi) is 46.7. The summed E-state index contributed by atoms with van der Waals surface area (Å²) in [6, 6.07) is 8.29. The van der Waals surface area contributed by atoms with Crippen molar-refractivity contribution in [1.29, 1.82) is 31.0 Å². The molecule has 9 heterocycles. The molecule has 0 saturated carbocycles. The summed E-state index contributed by atoms with van der Waals surface area (Å²) in [4.78, 5) is 0. The molecule has 9 aliphatic rings. The Morgan fingerprint density at radius 1 is 0.262 bits per heavy atom. The van der Waals surface area contributed by atoms with E-state index in [1.165, 1.54) is 0 Å². The number of aliphatic hydroxyl groups is 1. The van der Waals surface area contributed by atoms with Gasteiger partial charge in [-0.2, -0.15) is 0 Å². The van der Waals surface area contributed by atoms with Crippen molar-refractivity contribution in [2.75, 3.05) is 0 Å². The Morgan fingerprint density at radius 3 is 0.885 bits per heavy atom. The Hall–Kier alpha value is -1.24. The molecule has 1 aromatic rings. The summed E-state index contributed by atoms with van der Waals surface area (Å²) in [5, 5.41) is 56.7. The molecular formula is C88H158N12O16P6+6. The molecule has 45 atom stereocenters. The quantitative estimate of drug-likeness (QED) is 0.0383. The summed E-state index contributed by atoms with van der Waals surface area (Å²) in [6.07, 6.45) is 1.92. The van der Waals surface area contributed by atoms with Gasteiger partial charge in [0.1, 0.15) is 0 Å². The molecule has 690 valence electrons. The number of aliphatic hydroxyl groups excluding tert-OH is 1. The third kappa shape index (κ3) is 26.8. The molecule has 34 heteroatoms. The minimum atomic E-state index is -0.770. The Balaban J connectivity index is 0.000000241. The van der Waals surface area contributed by atoms with E-state index >= 15 is 0 Å². The van der Waals surface area contributed by atoms with Gasteiger partial charge in [-0.05, 0) is 31.1 Å². The van der Waals surface area contributed by atoms with Crippen molar-refractivity contribution < 1.29 is 76.2 Å². The fourth-order valence-electron chi connectivity index (χ4n) is 20.3. The average molecular weight is 1830 g/mol. The van der Waals surface area contributed by atoms with E-state index < -0.39 is 55.6 Å². The van der Waals surface area contributed by atoms with Gasteiger partial charge in [-0.3, -0.25) is 0 Å². The summed E-state index contributed by atoms with van der Waals surface area (Å²) in [5.41, 5.74) is 1.04. The van der Waals surface area contributed by atoms with Crippen LogP contribution in [0.4, 0.5) is 0 Å². The van der Waals surface area contributed by atoms with Crippen LogP contribution in [0.2, 0.25) is 0 Å². The molecule has 10 rings (SSSR count). The first-order valence-electron chi connectivity index (χ1n) is 46.2. The van der Waals surface area contributed by atoms with Crippen LogP contribution in [-0.4, -0.2) is 195 Å². The molecule has 9 aliphatic heterocycles. The Bertz CT molecular complexity index is 3610. The third-order valence-corrected chi connectivity index (χ3v) is 31.7. The Morgan fingerprint density at radius 2 is 0.525 bits per heavy atom. The number of nitrogens with one attached hydrogen (secondary N) is 6. The standard InChI is InChI=1S/C33H54N4O6P2.C27H50N4O5P2.C17H32N4O4P2.C11H22O/c1-9-24-19(5)18(4)20(6)32(40-24)43-30-26(11-3)41-33(28(37-45-35)31(30)38-17-23-15-13-12-14-16-23)42-29-21(7)27(36-44-34)22(8)39-25(29)10-2;1-10-19-14(5)13(4)15(6)26(33-19)35-25-17(8)23(31-38-29)27(34-21(25)12-3)36-24-16(7)22(30-37-28)18(9)32-20(24)11-2;1-6-11-15(22)8(3)14(21-27-19)17(24-11)25-16-9(4)13(20-26-18)10(5)23-12(16)7-2;1-6-11-9(4)7(2)8(3)10(5)12-11/h12-16,18-22,24-35H,9-11,17H2,1-8H3;13-29H,10-12H2,1-9H3;8-19,22H,6-7H2,1-5H3;7-11H,6H2,1-5H3/q3*+2;/t18-,19-,20?,21+,22-,24?,25?,26?,27?,28?,29-,30+,31?,32-,33-;13-,14-,15?,16+,17?,18-,19?,20?,21?,22?,23?,24-,25-,26?,27-;8?,9-,10+,11?,12?,13?,14?,15+,16+,17+;7-,8?,9+,10?,11?/m0011/s1. The summed E-state index contributed by atoms with van der Waals surface area (Å²) in [6.45, 7) is 58.5. The summed E-state index contributed by atoms with van der Waals surface area (Å²) >= 11 is 0. The third-order valence-electron chi connectivity index (χ3n) is 29.4. The van der Waals surface area contributed by atoms with Crippen LogP contribution in [0.15, 0.2) is 58.8 Å². The van der Waals surface area contributed by atoms with Crippen molar-refractivity contribution in [3.8, 4) is 0 Å². The number of benzene rings is 1. The zero-order valence-electron chi connectivity index (χ0n) is 78.4. The number of nitrogens with zero attached hydrogens (tertiary/aromatic N) is 6. The predicted molar refractivity (Wildman–Crippen MR) is 482 cm³/mol. The number of hydrogen-bond donors (Lipinski definition) is 7. The van der Waals surface area contributed by atoms with Crippen LogP contribution in [0.25, 0.3) is 0 Å². The molecule has 1 aromatic carbocycles. The molecule has 0 spiro atoms. The predicted octanol–water partition coefficient (Wildman–Crippen LogP) is 24.8. The van der Waals surface area contributed by atoms with Crippen LogP contribution < -0.4 is 0 Å². The summed E-state index contributed by atoms with van der Waals surface area (Å²) < 4.78 is 125. The molecule has 0 radical (unpaired) electrons. The molecule has 23 unspecified atom stereocenters. The second kappa shape index (κ2) is 52.9. The first-order chi connectivity index (χ1) is 58.3. The zero-order valence-corrected chi connectivity index (χ0v) is 83.7. The molecule has 7 N–H and O–H groups in total. The van der Waals surface area contributed by atoms with Gasteiger partial charge in [0.05, 0.1) is 12.2 Å². The van der Waals surface area contributed by atoms with Gasteiger partial charge in [-0.1, -0.05) is 27.7 Å². The van der Waals surface area contributed by atoms with Crippen LogP contribution in [0.3, 0.4) is 0 Å². The van der Waals surface area contributed by atoms with E-state index in [-0.39, 0.29) is 212 Å². The fourth-order valence-corrected chi connectivity index (χ4v) is 23.1. The van der Waals surface area contributed by atoms with Crippen LogP contribution in [-0.2, 0) is 77.7 Å². The van der Waals surface area contributed by atoms with Crippen molar-refractivity contribution in [3.05, 3.63) is 35.9 Å². The van der Waals surface area contributed by atoms with Crippen LogP contribution >= 0.6 is 49.0 Å². The van der Waals surface area contributed by atoms with Crippen LogP contribution in [0, 0.1) is 114 Å². The number of ether oxygens (including phenoxy) is 15. The van der Waals surface area contributed by atoms with Crippen molar-refractivity contribution in [2.24, 2.45) is 111 Å². The molecule has 9 saturated heterocycles. The summed E-state index contributed by atoms with van der Waals surface area (Å²) in [5.74, 6) is 4.47. The first kappa shape index (κ1) is 108. The van der Waals surface area contributed by atoms with E-state index in [0.717, 1.165) is 62.3 Å². The maximum absolute atomic E-state index is 10.5. The van der Waals surface area contributed by atoms with E-state index in [4.69, 9.17) is 107 Å². The van der Waals surface area contributed by atoms with E-state index in [1.807, 2.05) is 65.0 Å². The van der Waals surface area contributed by atoms with Gasteiger partial charge >= 0.3 is 669 Å². The molecule has 28 nitrogen and oxygen atoms in total. The monoisotopic (exact) mass is 1830 g/mol. The van der Waals surface area contributed by atoms with E-state index in [9.17, 15) is 5.11 Å². The SMILES string of the molecule is CCC1OC(C)C(C)[C@@H](C)[C@@H]1C.CCC1O[C@@H](O[C@@H]2C(CC)O[C@@H](C)C(N=[P+]=N)[C@H]2C)C(N=[P+]=N)C(C)[C@@H]1O.CCC1O[C@@H](O[C@@H]2C(CC)O[C@@H](C)C(N=[P+]=N)[C@H]2C)C(N=[P+]=N)C(C)[C@@H]1OC1OC(CC)[C@@H](C)[C@H](C)C1C.CCC1O[C@@H](O[C@@H]2C(CC)O[C@@H](C)C(N=[P+]=N)[C@H]2C)C(N=[P+]=N)C(OCc2ccccc2)[C@@H]1O[C@@H]1OC(CC)[C@@H](C)[C@H](C)C1C. The fraction of sp³-hybridized carbons (Fsp3) is 0.932. The van der Waals surface area contributed by atoms with Crippen molar-refractivity contribution in [1.82, 2.24) is 0 Å². The molecule has 0 bridgehead atoms. The average Bonchev–Trinajstić information content (AvgIpc) is 0.765. The first-order valence-corrected chi connectivity index (χ1v) is 51.3. The minimum absolute atomic E-state index is 0.00182. The van der Waals surface area contributed by atoms with Crippen molar-refractivity contribution >= 4 is 49.0 Å². The maximum atomic E-state index is 10.5. The van der Waals surface area contributed by atoms with Crippen LogP contribution in [0.1, 0.15) is 250 Å². The second-order valence-electron chi connectivity index (χ2n) is 36.4. The molecule has 0 aliphatic carbocycles. The van der Waals surface area contributed by atoms with Gasteiger partial charge in [0.25, 0.3) is 0 Å². The molecule has 122 heavy (non-hydrogen) atoms. The molecule has 0 aromatic heterocycles.